The molecule has 38 heavy (non-hydrogen) atoms. The molecule has 0 saturated carbocycles. The van der Waals surface area contributed by atoms with Gasteiger partial charge in [-0.05, 0) is 48.1 Å². The Balaban J connectivity index is 1.55. The Bertz CT molecular complexity index is 1410. The van der Waals surface area contributed by atoms with Crippen molar-refractivity contribution in [3.05, 3.63) is 118 Å². The maximum absolute atomic E-state index is 13.8. The molecule has 0 radical (unpaired) electrons. The number of nitrogens with one attached hydrogen (secondary N) is 1. The second kappa shape index (κ2) is 11.0. The van der Waals surface area contributed by atoms with Gasteiger partial charge in [0.2, 0.25) is 0 Å². The van der Waals surface area contributed by atoms with Crippen molar-refractivity contribution in [1.82, 2.24) is 5.32 Å². The van der Waals surface area contributed by atoms with Gasteiger partial charge in [-0.1, -0.05) is 66.7 Å². The van der Waals surface area contributed by atoms with Gasteiger partial charge >= 0.3 is 5.97 Å². The molecule has 3 aromatic carbocycles. The number of hydrogen-bond donors (Lipinski definition) is 1. The molecule has 0 bridgehead atoms. The summed E-state index contributed by atoms with van der Waals surface area (Å²) in [5.74, 6) is 0.161. The molecule has 6 heteroatoms. The minimum atomic E-state index is -0.585. The first-order valence-corrected chi connectivity index (χ1v) is 12.7. The van der Waals surface area contributed by atoms with Crippen LogP contribution in [0.25, 0.3) is 0 Å². The van der Waals surface area contributed by atoms with Crippen LogP contribution in [0, 0.1) is 0 Å². The van der Waals surface area contributed by atoms with E-state index in [1.165, 1.54) is 0 Å². The van der Waals surface area contributed by atoms with Crippen molar-refractivity contribution in [2.75, 3.05) is 14.2 Å². The second-order valence-electron chi connectivity index (χ2n) is 9.60. The number of rotatable bonds is 7. The summed E-state index contributed by atoms with van der Waals surface area (Å²) in [6.45, 7) is 2.01. The predicted octanol–water partition coefficient (Wildman–Crippen LogP) is 5.81. The number of Topliss-reactive ketones (excluding diaryl/α,β-unsaturated/α-hetero) is 1. The molecule has 194 valence electrons. The standard InChI is InChI=1S/C32H31NO5/c1-20-29(32(35)38-19-21-10-6-4-7-11-21)30(23-14-15-27(36-2)28(18-23)37-3)31-25(33-20)16-24(17-26(31)34)22-12-8-5-9-13-22/h4-15,18,24,30,33H,16-17,19H2,1-3H3/t24-,30+/m0/s1. The van der Waals surface area contributed by atoms with Crippen LogP contribution in [0.15, 0.2) is 101 Å². The van der Waals surface area contributed by atoms with Gasteiger partial charge in [-0.3, -0.25) is 4.79 Å². The van der Waals surface area contributed by atoms with Gasteiger partial charge in [0.25, 0.3) is 0 Å². The molecule has 0 fully saturated rings. The largest absolute Gasteiger partial charge is 0.493 e. The zero-order valence-electron chi connectivity index (χ0n) is 21.8. The zero-order chi connectivity index (χ0) is 26.6. The van der Waals surface area contributed by atoms with Crippen molar-refractivity contribution in [3.8, 4) is 11.5 Å². The number of benzene rings is 3. The zero-order valence-corrected chi connectivity index (χ0v) is 21.8. The van der Waals surface area contributed by atoms with Crippen LogP contribution >= 0.6 is 0 Å². The molecule has 3 aromatic rings. The fourth-order valence-corrected chi connectivity index (χ4v) is 5.44. The summed E-state index contributed by atoms with van der Waals surface area (Å²) in [4.78, 5) is 27.4. The molecule has 1 N–H and O–H groups in total. The Hall–Kier alpha value is -4.32. The number of ether oxygens (including phenoxy) is 3. The van der Waals surface area contributed by atoms with Crippen LogP contribution in [-0.4, -0.2) is 26.0 Å². The van der Waals surface area contributed by atoms with E-state index in [4.69, 9.17) is 14.2 Å². The van der Waals surface area contributed by atoms with E-state index in [1.807, 2.05) is 67.6 Å². The number of methoxy groups -OCH3 is 2. The summed E-state index contributed by atoms with van der Waals surface area (Å²) in [7, 11) is 3.15. The van der Waals surface area contributed by atoms with Crippen LogP contribution in [0.4, 0.5) is 0 Å². The van der Waals surface area contributed by atoms with Crippen molar-refractivity contribution in [2.24, 2.45) is 0 Å². The molecule has 0 unspecified atom stereocenters. The van der Waals surface area contributed by atoms with Crippen LogP contribution in [-0.2, 0) is 20.9 Å². The first-order valence-electron chi connectivity index (χ1n) is 12.7. The monoisotopic (exact) mass is 509 g/mol. The minimum absolute atomic E-state index is 0.0215. The first-order chi connectivity index (χ1) is 18.5. The Morgan fingerprint density at radius 3 is 2.24 bits per heavy atom. The lowest BCUT2D eigenvalue weighted by molar-refractivity contribution is -0.140. The van der Waals surface area contributed by atoms with Crippen molar-refractivity contribution >= 4 is 11.8 Å². The Morgan fingerprint density at radius 1 is 0.868 bits per heavy atom. The van der Waals surface area contributed by atoms with E-state index in [-0.39, 0.29) is 18.3 Å². The summed E-state index contributed by atoms with van der Waals surface area (Å²) in [6, 6.07) is 25.2. The molecule has 6 nitrogen and oxygen atoms in total. The van der Waals surface area contributed by atoms with Gasteiger partial charge in [-0.15, -0.1) is 0 Å². The molecule has 0 amide bonds. The van der Waals surface area contributed by atoms with Crippen LogP contribution in [0.1, 0.15) is 48.3 Å². The van der Waals surface area contributed by atoms with Gasteiger partial charge in [0.1, 0.15) is 6.61 Å². The molecular formula is C32H31NO5. The summed E-state index contributed by atoms with van der Waals surface area (Å²) in [5, 5.41) is 3.41. The lowest BCUT2D eigenvalue weighted by atomic mass is 9.71. The average molecular weight is 510 g/mol. The lowest BCUT2D eigenvalue weighted by Crippen LogP contribution is -2.36. The van der Waals surface area contributed by atoms with Crippen molar-refractivity contribution in [2.45, 2.75) is 38.2 Å². The molecule has 0 saturated heterocycles. The number of allylic oxidation sites excluding steroid dienone is 3. The highest BCUT2D eigenvalue weighted by Gasteiger charge is 2.41. The van der Waals surface area contributed by atoms with Crippen molar-refractivity contribution < 1.29 is 23.8 Å². The van der Waals surface area contributed by atoms with E-state index in [1.54, 1.807) is 20.3 Å². The van der Waals surface area contributed by atoms with Crippen molar-refractivity contribution in [1.29, 1.82) is 0 Å². The molecule has 1 heterocycles. The summed E-state index contributed by atoms with van der Waals surface area (Å²) < 4.78 is 16.8. The summed E-state index contributed by atoms with van der Waals surface area (Å²) >= 11 is 0. The van der Waals surface area contributed by atoms with Crippen molar-refractivity contribution in [3.63, 3.8) is 0 Å². The average Bonchev–Trinajstić information content (AvgIpc) is 2.95. The van der Waals surface area contributed by atoms with Gasteiger partial charge in [0.15, 0.2) is 17.3 Å². The first kappa shape index (κ1) is 25.3. The van der Waals surface area contributed by atoms with E-state index in [0.29, 0.717) is 41.2 Å². The van der Waals surface area contributed by atoms with Gasteiger partial charge in [-0.2, -0.15) is 0 Å². The molecule has 2 aliphatic rings. The Morgan fingerprint density at radius 2 is 1.55 bits per heavy atom. The molecule has 0 aromatic heterocycles. The van der Waals surface area contributed by atoms with Gasteiger partial charge in [0.05, 0.1) is 19.8 Å². The second-order valence-corrected chi connectivity index (χ2v) is 9.60. The normalized spacial score (nSPS) is 19.0. The highest BCUT2D eigenvalue weighted by molar-refractivity contribution is 6.04. The number of carbonyl (C=O) groups is 2. The van der Waals surface area contributed by atoms with Crippen LogP contribution in [0.2, 0.25) is 0 Å². The van der Waals surface area contributed by atoms with E-state index >= 15 is 0 Å². The number of dihydropyridines is 1. The van der Waals surface area contributed by atoms with Crippen LogP contribution in [0.3, 0.4) is 0 Å². The van der Waals surface area contributed by atoms with Crippen LogP contribution < -0.4 is 14.8 Å². The minimum Gasteiger partial charge on any atom is -0.493 e. The van der Waals surface area contributed by atoms with E-state index in [2.05, 4.69) is 17.4 Å². The number of hydrogen-bond acceptors (Lipinski definition) is 6. The smallest absolute Gasteiger partial charge is 0.337 e. The maximum Gasteiger partial charge on any atom is 0.337 e. The fourth-order valence-electron chi connectivity index (χ4n) is 5.44. The van der Waals surface area contributed by atoms with E-state index < -0.39 is 11.9 Å². The SMILES string of the molecule is COc1ccc([C@@H]2C(C(=O)OCc3ccccc3)=C(C)NC3=C2C(=O)C[C@@H](c2ccccc2)C3)cc1OC. The quantitative estimate of drug-likeness (QED) is 0.405. The maximum atomic E-state index is 13.8. The Kier molecular flexibility index (Phi) is 7.31. The topological polar surface area (TPSA) is 73.9 Å². The molecular weight excluding hydrogens is 478 g/mol. The predicted molar refractivity (Wildman–Crippen MR) is 145 cm³/mol. The third-order valence-electron chi connectivity index (χ3n) is 7.27. The van der Waals surface area contributed by atoms with Crippen LogP contribution in [0.5, 0.6) is 11.5 Å². The van der Waals surface area contributed by atoms with Gasteiger partial charge in [-0.25, -0.2) is 4.79 Å². The van der Waals surface area contributed by atoms with E-state index in [0.717, 1.165) is 22.4 Å². The van der Waals surface area contributed by atoms with E-state index in [9.17, 15) is 9.59 Å². The highest BCUT2D eigenvalue weighted by atomic mass is 16.5. The lowest BCUT2D eigenvalue weighted by Gasteiger charge is -2.36. The molecule has 2 atom stereocenters. The summed E-state index contributed by atoms with van der Waals surface area (Å²) in [6.07, 6.45) is 1.05. The number of ketones is 1. The third-order valence-corrected chi connectivity index (χ3v) is 7.27. The number of esters is 1. The highest BCUT2D eigenvalue weighted by Crippen LogP contribution is 2.47. The molecule has 0 spiro atoms. The van der Waals surface area contributed by atoms with Gasteiger partial charge in [0, 0.05) is 29.3 Å². The fraction of sp³-hybridized carbons (Fsp3) is 0.250. The third kappa shape index (κ3) is 4.94. The molecule has 1 aliphatic heterocycles. The number of carbonyl (C=O) groups excluding carboxylic acids is 2. The van der Waals surface area contributed by atoms with Gasteiger partial charge < -0.3 is 19.5 Å². The molecule has 5 rings (SSSR count). The summed E-state index contributed by atoms with van der Waals surface area (Å²) in [5.41, 5.74) is 5.38. The molecule has 1 aliphatic carbocycles. The Labute approximate surface area is 222 Å².